The molecule has 1 fully saturated rings. The molecule has 0 spiro atoms. The molecule has 1 rings (SSSR count). The fourth-order valence-corrected chi connectivity index (χ4v) is 3.07. The summed E-state index contributed by atoms with van der Waals surface area (Å²) < 4.78 is 26.3. The molecule has 0 N–H and O–H groups in total. The molecule has 2 heteroatoms. The number of rotatable bonds is 7. The van der Waals surface area contributed by atoms with Crippen LogP contribution >= 0.6 is 0 Å². The van der Waals surface area contributed by atoms with E-state index in [0.29, 0.717) is 17.1 Å². The minimum Gasteiger partial charge on any atom is -0.204 e. The lowest BCUT2D eigenvalue weighted by atomic mass is 9.78. The molecule has 0 saturated heterocycles. The van der Waals surface area contributed by atoms with Crippen molar-refractivity contribution in [1.29, 1.82) is 0 Å². The van der Waals surface area contributed by atoms with Crippen molar-refractivity contribution in [2.45, 2.75) is 52.9 Å². The Morgan fingerprint density at radius 3 is 2.21 bits per heavy atom. The van der Waals surface area contributed by atoms with Crippen LogP contribution in [-0.4, -0.2) is 0 Å². The van der Waals surface area contributed by atoms with Gasteiger partial charge in [0.1, 0.15) is 0 Å². The molecule has 0 aliphatic heterocycles. The molecule has 0 unspecified atom stereocenters. The van der Waals surface area contributed by atoms with Crippen molar-refractivity contribution < 1.29 is 8.78 Å². The fourth-order valence-electron chi connectivity index (χ4n) is 3.07. The van der Waals surface area contributed by atoms with E-state index in [-0.39, 0.29) is 0 Å². The van der Waals surface area contributed by atoms with Crippen molar-refractivity contribution in [3.05, 3.63) is 71.9 Å². The van der Waals surface area contributed by atoms with Gasteiger partial charge in [0.25, 0.3) is 0 Å². The van der Waals surface area contributed by atoms with Crippen LogP contribution in [0.5, 0.6) is 0 Å². The molecule has 1 saturated carbocycles. The second-order valence-electron chi connectivity index (χ2n) is 6.57. The fraction of sp³-hybridized carbons (Fsp3) is 0.455. The summed E-state index contributed by atoms with van der Waals surface area (Å²) in [5.74, 6) is -0.603. The Morgan fingerprint density at radius 1 is 1.08 bits per heavy atom. The van der Waals surface area contributed by atoms with Crippen LogP contribution in [0.15, 0.2) is 71.9 Å². The summed E-state index contributed by atoms with van der Waals surface area (Å²) in [6, 6.07) is 0. The lowest BCUT2D eigenvalue weighted by Crippen LogP contribution is -2.13. The van der Waals surface area contributed by atoms with Crippen LogP contribution < -0.4 is 0 Å². The maximum Gasteiger partial charge on any atom is 0.158 e. The summed E-state index contributed by atoms with van der Waals surface area (Å²) in [5, 5.41) is 0. The smallest absolute Gasteiger partial charge is 0.158 e. The molecule has 1 aliphatic rings. The van der Waals surface area contributed by atoms with Crippen LogP contribution in [0.1, 0.15) is 52.9 Å². The Bertz CT molecular complexity index is 565. The summed E-state index contributed by atoms with van der Waals surface area (Å²) in [5.41, 5.74) is 2.57. The quantitative estimate of drug-likeness (QED) is 0.422. The van der Waals surface area contributed by atoms with Gasteiger partial charge in [0, 0.05) is 0 Å². The van der Waals surface area contributed by atoms with Gasteiger partial charge in [-0.05, 0) is 60.8 Å². The summed E-state index contributed by atoms with van der Waals surface area (Å²) in [6.07, 6.45) is 15.1. The van der Waals surface area contributed by atoms with Gasteiger partial charge in [-0.3, -0.25) is 0 Å². The molecule has 0 heterocycles. The molecule has 0 amide bonds. The predicted octanol–water partition coefficient (Wildman–Crippen LogP) is 7.54. The molecule has 0 aromatic heterocycles. The van der Waals surface area contributed by atoms with Crippen LogP contribution in [0.2, 0.25) is 0 Å². The molecule has 0 atom stereocenters. The van der Waals surface area contributed by atoms with E-state index in [1.807, 2.05) is 6.08 Å². The standard InChI is InChI=1S/C22H30F2/c1-6-8-20(21-12-9-16(3)10-13-21)14-11-17(4)19(7-2)15-22(24)18(5)23/h7-8,11,14-16,21H,4-6,9-10,12-13H2,1-3H3/b14-11-,19-7+,20-8+,22-15+. The second kappa shape index (κ2) is 10.2. The van der Waals surface area contributed by atoms with E-state index >= 15 is 0 Å². The van der Waals surface area contributed by atoms with Gasteiger partial charge in [0.15, 0.2) is 11.7 Å². The first-order valence-electron chi connectivity index (χ1n) is 8.84. The molecule has 132 valence electrons. The summed E-state index contributed by atoms with van der Waals surface area (Å²) >= 11 is 0. The first-order chi connectivity index (χ1) is 11.4. The van der Waals surface area contributed by atoms with Gasteiger partial charge in [0.2, 0.25) is 0 Å². The minimum atomic E-state index is -1.06. The summed E-state index contributed by atoms with van der Waals surface area (Å²) in [4.78, 5) is 0. The Labute approximate surface area is 146 Å². The zero-order valence-electron chi connectivity index (χ0n) is 15.2. The van der Waals surface area contributed by atoms with E-state index in [2.05, 4.69) is 39.2 Å². The molecule has 0 nitrogen and oxygen atoms in total. The van der Waals surface area contributed by atoms with Gasteiger partial charge in [-0.25, -0.2) is 8.78 Å². The molecule has 0 bridgehead atoms. The third kappa shape index (κ3) is 6.43. The molecule has 0 radical (unpaired) electrons. The largest absolute Gasteiger partial charge is 0.204 e. The first-order valence-corrected chi connectivity index (χ1v) is 8.84. The highest BCUT2D eigenvalue weighted by molar-refractivity contribution is 5.48. The van der Waals surface area contributed by atoms with E-state index in [1.165, 1.54) is 31.3 Å². The Hall–Kier alpha value is -1.70. The summed E-state index contributed by atoms with van der Waals surface area (Å²) in [7, 11) is 0. The Kier molecular flexibility index (Phi) is 8.67. The highest BCUT2D eigenvalue weighted by Gasteiger charge is 2.20. The average Bonchev–Trinajstić information content (AvgIpc) is 2.56. The van der Waals surface area contributed by atoms with Gasteiger partial charge in [-0.2, -0.15) is 0 Å². The predicted molar refractivity (Wildman–Crippen MR) is 101 cm³/mol. The number of hydrogen-bond donors (Lipinski definition) is 0. The number of halogens is 2. The van der Waals surface area contributed by atoms with E-state index in [0.717, 1.165) is 18.4 Å². The molecular formula is C22H30F2. The summed E-state index contributed by atoms with van der Waals surface area (Å²) in [6.45, 7) is 13.2. The maximum atomic E-state index is 13.4. The zero-order chi connectivity index (χ0) is 18.1. The lowest BCUT2D eigenvalue weighted by Gasteiger charge is -2.27. The van der Waals surface area contributed by atoms with Crippen LogP contribution in [0.4, 0.5) is 8.78 Å². The van der Waals surface area contributed by atoms with Gasteiger partial charge >= 0.3 is 0 Å². The third-order valence-corrected chi connectivity index (χ3v) is 4.63. The van der Waals surface area contributed by atoms with Crippen molar-refractivity contribution in [2.24, 2.45) is 11.8 Å². The second-order valence-corrected chi connectivity index (χ2v) is 6.57. The van der Waals surface area contributed by atoms with Crippen molar-refractivity contribution in [1.82, 2.24) is 0 Å². The van der Waals surface area contributed by atoms with E-state index in [1.54, 1.807) is 13.0 Å². The van der Waals surface area contributed by atoms with Crippen LogP contribution in [-0.2, 0) is 0 Å². The van der Waals surface area contributed by atoms with Crippen molar-refractivity contribution in [3.8, 4) is 0 Å². The minimum absolute atomic E-state index is 0.565. The molecule has 0 aromatic rings. The zero-order valence-corrected chi connectivity index (χ0v) is 15.2. The van der Waals surface area contributed by atoms with Gasteiger partial charge < -0.3 is 0 Å². The monoisotopic (exact) mass is 332 g/mol. The molecular weight excluding hydrogens is 302 g/mol. The molecule has 1 aliphatic carbocycles. The van der Waals surface area contributed by atoms with Crippen LogP contribution in [0.3, 0.4) is 0 Å². The van der Waals surface area contributed by atoms with Crippen LogP contribution in [0.25, 0.3) is 0 Å². The molecule has 0 aromatic carbocycles. The normalized spacial score (nSPS) is 23.6. The maximum absolute atomic E-state index is 13.4. The van der Waals surface area contributed by atoms with Crippen molar-refractivity contribution in [2.75, 3.05) is 0 Å². The van der Waals surface area contributed by atoms with E-state index in [9.17, 15) is 8.78 Å². The van der Waals surface area contributed by atoms with Crippen LogP contribution in [0, 0.1) is 11.8 Å². The topological polar surface area (TPSA) is 0 Å². The lowest BCUT2D eigenvalue weighted by molar-refractivity contribution is 0.323. The van der Waals surface area contributed by atoms with Gasteiger partial charge in [-0.1, -0.05) is 64.2 Å². The highest BCUT2D eigenvalue weighted by Crippen LogP contribution is 2.34. The van der Waals surface area contributed by atoms with Gasteiger partial charge in [0.05, 0.1) is 0 Å². The highest BCUT2D eigenvalue weighted by atomic mass is 19.2. The third-order valence-electron chi connectivity index (χ3n) is 4.63. The Balaban J connectivity index is 2.86. The van der Waals surface area contributed by atoms with Crippen molar-refractivity contribution in [3.63, 3.8) is 0 Å². The van der Waals surface area contributed by atoms with E-state index in [4.69, 9.17) is 0 Å². The Morgan fingerprint density at radius 2 is 1.71 bits per heavy atom. The average molecular weight is 332 g/mol. The SMILES string of the molecule is C=C(F)/C(F)=C\C(=C/C)C(=C)/C=C\C(=C/CC)C1CCC(C)CC1. The number of allylic oxidation sites excluding steroid dienone is 10. The number of hydrogen-bond acceptors (Lipinski definition) is 0. The first kappa shape index (κ1) is 20.3. The molecule has 24 heavy (non-hydrogen) atoms. The van der Waals surface area contributed by atoms with E-state index < -0.39 is 11.7 Å². The van der Waals surface area contributed by atoms with Crippen molar-refractivity contribution >= 4 is 0 Å². The van der Waals surface area contributed by atoms with Gasteiger partial charge in [-0.15, -0.1) is 0 Å².